The predicted molar refractivity (Wildman–Crippen MR) is 62.1 cm³/mol. The zero-order valence-corrected chi connectivity index (χ0v) is 8.62. The zero-order valence-electron chi connectivity index (χ0n) is 8.62. The number of hydrogen-bond donors (Lipinski definition) is 3. The standard InChI is InChI=1S/C11H14N4/c1-2-8-4-3-5-9(6-8)14-10-7-13-15-11(10)12/h3-7,14H,2H2,1H3,(H3,12,13,15). The highest BCUT2D eigenvalue weighted by Crippen LogP contribution is 2.21. The van der Waals surface area contributed by atoms with Crippen LogP contribution in [0.15, 0.2) is 30.5 Å². The van der Waals surface area contributed by atoms with Crippen molar-refractivity contribution in [1.82, 2.24) is 10.2 Å². The third-order valence-electron chi connectivity index (χ3n) is 2.28. The quantitative estimate of drug-likeness (QED) is 0.715. The average molecular weight is 202 g/mol. The normalized spacial score (nSPS) is 10.2. The molecule has 0 spiro atoms. The van der Waals surface area contributed by atoms with Gasteiger partial charge in [0.15, 0.2) is 0 Å². The van der Waals surface area contributed by atoms with Gasteiger partial charge in [-0.05, 0) is 24.1 Å². The first-order valence-electron chi connectivity index (χ1n) is 4.94. The van der Waals surface area contributed by atoms with Gasteiger partial charge in [0.05, 0.1) is 6.20 Å². The molecule has 2 aromatic rings. The molecule has 0 amide bonds. The highest BCUT2D eigenvalue weighted by atomic mass is 15.2. The van der Waals surface area contributed by atoms with Crippen molar-refractivity contribution in [3.63, 3.8) is 0 Å². The molecule has 0 fully saturated rings. The van der Waals surface area contributed by atoms with Gasteiger partial charge >= 0.3 is 0 Å². The zero-order chi connectivity index (χ0) is 10.7. The van der Waals surface area contributed by atoms with E-state index in [2.05, 4.69) is 34.6 Å². The van der Waals surface area contributed by atoms with Crippen molar-refractivity contribution >= 4 is 17.2 Å². The van der Waals surface area contributed by atoms with Crippen LogP contribution in [0.1, 0.15) is 12.5 Å². The Hall–Kier alpha value is -1.97. The van der Waals surface area contributed by atoms with Crippen molar-refractivity contribution in [2.24, 2.45) is 0 Å². The van der Waals surface area contributed by atoms with Gasteiger partial charge in [-0.3, -0.25) is 5.10 Å². The van der Waals surface area contributed by atoms with E-state index in [1.165, 1.54) is 5.56 Å². The molecule has 0 atom stereocenters. The Morgan fingerprint density at radius 2 is 2.33 bits per heavy atom. The van der Waals surface area contributed by atoms with E-state index in [4.69, 9.17) is 5.73 Å². The summed E-state index contributed by atoms with van der Waals surface area (Å²) in [5, 5.41) is 9.74. The second-order valence-electron chi connectivity index (χ2n) is 3.38. The van der Waals surface area contributed by atoms with Crippen molar-refractivity contribution < 1.29 is 0 Å². The molecule has 0 radical (unpaired) electrons. The summed E-state index contributed by atoms with van der Waals surface area (Å²) in [6.45, 7) is 2.13. The van der Waals surface area contributed by atoms with Gasteiger partial charge in [-0.25, -0.2) is 0 Å². The topological polar surface area (TPSA) is 66.7 Å². The molecule has 0 saturated heterocycles. The lowest BCUT2D eigenvalue weighted by molar-refractivity contribution is 1.10. The minimum Gasteiger partial charge on any atom is -0.382 e. The predicted octanol–water partition coefficient (Wildman–Crippen LogP) is 2.30. The highest BCUT2D eigenvalue weighted by Gasteiger charge is 2.01. The number of nitrogens with one attached hydrogen (secondary N) is 2. The van der Waals surface area contributed by atoms with Crippen LogP contribution in [0, 0.1) is 0 Å². The Balaban J connectivity index is 2.21. The van der Waals surface area contributed by atoms with Gasteiger partial charge in [-0.15, -0.1) is 0 Å². The van der Waals surface area contributed by atoms with Gasteiger partial charge < -0.3 is 11.1 Å². The van der Waals surface area contributed by atoms with E-state index < -0.39 is 0 Å². The Morgan fingerprint density at radius 3 is 3.00 bits per heavy atom. The number of nitrogens with zero attached hydrogens (tertiary/aromatic N) is 1. The smallest absolute Gasteiger partial charge is 0.143 e. The van der Waals surface area contributed by atoms with Gasteiger partial charge in [0.25, 0.3) is 0 Å². The Kier molecular flexibility index (Phi) is 2.58. The monoisotopic (exact) mass is 202 g/mol. The number of anilines is 3. The number of H-pyrrole nitrogens is 1. The van der Waals surface area contributed by atoms with E-state index in [0.29, 0.717) is 5.82 Å². The summed E-state index contributed by atoms with van der Waals surface area (Å²) in [5.41, 5.74) is 8.81. The second kappa shape index (κ2) is 4.04. The van der Waals surface area contributed by atoms with Crippen LogP contribution in [-0.2, 0) is 6.42 Å². The minimum absolute atomic E-state index is 0.553. The summed E-state index contributed by atoms with van der Waals surface area (Å²) in [6, 6.07) is 8.24. The van der Waals surface area contributed by atoms with Crippen LogP contribution in [-0.4, -0.2) is 10.2 Å². The summed E-state index contributed by atoms with van der Waals surface area (Å²) < 4.78 is 0. The fourth-order valence-corrected chi connectivity index (χ4v) is 1.42. The molecule has 0 aliphatic heterocycles. The van der Waals surface area contributed by atoms with E-state index in [9.17, 15) is 0 Å². The van der Waals surface area contributed by atoms with E-state index in [1.54, 1.807) is 6.20 Å². The van der Waals surface area contributed by atoms with Crippen LogP contribution in [0.2, 0.25) is 0 Å². The number of hydrogen-bond acceptors (Lipinski definition) is 3. The Morgan fingerprint density at radius 1 is 1.47 bits per heavy atom. The van der Waals surface area contributed by atoms with Crippen LogP contribution in [0.25, 0.3) is 0 Å². The summed E-state index contributed by atoms with van der Waals surface area (Å²) >= 11 is 0. The largest absolute Gasteiger partial charge is 0.382 e. The molecule has 1 aromatic carbocycles. The summed E-state index contributed by atoms with van der Waals surface area (Å²) in [5.74, 6) is 0.553. The third-order valence-corrected chi connectivity index (χ3v) is 2.28. The Bertz CT molecular complexity index is 447. The van der Waals surface area contributed by atoms with Crippen LogP contribution in [0.3, 0.4) is 0 Å². The minimum atomic E-state index is 0.553. The first-order valence-corrected chi connectivity index (χ1v) is 4.94. The number of rotatable bonds is 3. The molecule has 2 rings (SSSR count). The molecule has 4 heteroatoms. The molecule has 1 heterocycles. The lowest BCUT2D eigenvalue weighted by atomic mass is 10.1. The Labute approximate surface area is 88.5 Å². The first-order chi connectivity index (χ1) is 7.29. The van der Waals surface area contributed by atoms with Crippen LogP contribution in [0.4, 0.5) is 17.2 Å². The lowest BCUT2D eigenvalue weighted by Crippen LogP contribution is -1.94. The summed E-state index contributed by atoms with van der Waals surface area (Å²) in [6.07, 6.45) is 2.70. The van der Waals surface area contributed by atoms with E-state index >= 15 is 0 Å². The molecule has 78 valence electrons. The van der Waals surface area contributed by atoms with Gasteiger partial charge in [-0.1, -0.05) is 19.1 Å². The molecule has 15 heavy (non-hydrogen) atoms. The number of aromatic amines is 1. The second-order valence-corrected chi connectivity index (χ2v) is 3.38. The molecule has 4 N–H and O–H groups in total. The molecular weight excluding hydrogens is 188 g/mol. The number of aryl methyl sites for hydroxylation is 1. The van der Waals surface area contributed by atoms with Crippen molar-refractivity contribution in [3.8, 4) is 0 Å². The lowest BCUT2D eigenvalue weighted by Gasteiger charge is -2.05. The first kappa shape index (κ1) is 9.58. The number of nitrogen functional groups attached to an aromatic ring is 1. The van der Waals surface area contributed by atoms with Crippen molar-refractivity contribution in [2.45, 2.75) is 13.3 Å². The fraction of sp³-hybridized carbons (Fsp3) is 0.182. The van der Waals surface area contributed by atoms with Crippen LogP contribution < -0.4 is 11.1 Å². The molecular formula is C11H14N4. The van der Waals surface area contributed by atoms with Gasteiger partial charge in [0.1, 0.15) is 11.5 Å². The molecule has 4 nitrogen and oxygen atoms in total. The molecule has 0 saturated carbocycles. The number of benzene rings is 1. The fourth-order valence-electron chi connectivity index (χ4n) is 1.42. The molecule has 0 unspecified atom stereocenters. The summed E-state index contributed by atoms with van der Waals surface area (Å²) in [4.78, 5) is 0. The third kappa shape index (κ3) is 2.10. The van der Waals surface area contributed by atoms with E-state index in [1.807, 2.05) is 12.1 Å². The molecule has 0 bridgehead atoms. The van der Waals surface area contributed by atoms with Crippen molar-refractivity contribution in [2.75, 3.05) is 11.1 Å². The van der Waals surface area contributed by atoms with Gasteiger partial charge in [-0.2, -0.15) is 5.10 Å². The van der Waals surface area contributed by atoms with E-state index in [-0.39, 0.29) is 0 Å². The maximum atomic E-state index is 5.68. The average Bonchev–Trinajstić information content (AvgIpc) is 2.65. The van der Waals surface area contributed by atoms with Gasteiger partial charge in [0, 0.05) is 5.69 Å². The number of aromatic nitrogens is 2. The summed E-state index contributed by atoms with van der Waals surface area (Å²) in [7, 11) is 0. The highest BCUT2D eigenvalue weighted by molar-refractivity contribution is 5.68. The maximum absolute atomic E-state index is 5.68. The maximum Gasteiger partial charge on any atom is 0.143 e. The van der Waals surface area contributed by atoms with Crippen molar-refractivity contribution in [1.29, 1.82) is 0 Å². The van der Waals surface area contributed by atoms with Crippen LogP contribution in [0.5, 0.6) is 0 Å². The molecule has 0 aliphatic carbocycles. The van der Waals surface area contributed by atoms with Gasteiger partial charge in [0.2, 0.25) is 0 Å². The molecule has 1 aromatic heterocycles. The van der Waals surface area contributed by atoms with E-state index in [0.717, 1.165) is 17.8 Å². The number of nitrogens with two attached hydrogens (primary N) is 1. The SMILES string of the molecule is CCc1cccc(Nc2cn[nH]c2N)c1. The van der Waals surface area contributed by atoms with Crippen molar-refractivity contribution in [3.05, 3.63) is 36.0 Å². The van der Waals surface area contributed by atoms with Crippen LogP contribution >= 0.6 is 0 Å². The molecule has 0 aliphatic rings.